The van der Waals surface area contributed by atoms with Crippen LogP contribution in [-0.4, -0.2) is 52.7 Å². The largest absolute Gasteiger partial charge is 0.467 e. The van der Waals surface area contributed by atoms with E-state index < -0.39 is 35.8 Å². The normalized spacial score (nSPS) is 18.8. The van der Waals surface area contributed by atoms with Gasteiger partial charge in [-0.1, -0.05) is 56.2 Å². The van der Waals surface area contributed by atoms with Gasteiger partial charge in [-0.25, -0.2) is 4.79 Å². The molecule has 0 bridgehead atoms. The maximum atomic E-state index is 13.8. The number of methoxy groups -OCH3 is 1. The first-order valence-corrected chi connectivity index (χ1v) is 10.9. The van der Waals surface area contributed by atoms with Crippen LogP contribution in [0.5, 0.6) is 0 Å². The third-order valence-corrected chi connectivity index (χ3v) is 6.26. The Morgan fingerprint density at radius 3 is 2.19 bits per heavy atom. The number of unbranched alkanes of at least 4 members (excludes halogenated alkanes) is 1. The van der Waals surface area contributed by atoms with Gasteiger partial charge in [0.2, 0.25) is 5.91 Å². The first kappa shape index (κ1) is 21.7. The number of amides is 3. The van der Waals surface area contributed by atoms with E-state index in [1.54, 1.807) is 24.3 Å². The second-order valence-corrected chi connectivity index (χ2v) is 8.16. The van der Waals surface area contributed by atoms with Crippen LogP contribution in [0.15, 0.2) is 48.5 Å². The molecule has 7 nitrogen and oxygen atoms in total. The Morgan fingerprint density at radius 1 is 1.00 bits per heavy atom. The van der Waals surface area contributed by atoms with Gasteiger partial charge in [-0.05, 0) is 29.7 Å². The average molecular weight is 434 g/mol. The maximum Gasteiger partial charge on any atom is 0.328 e. The number of nitrogens with zero attached hydrogens (tertiary/aromatic N) is 2. The molecule has 2 aliphatic rings. The molecule has 0 saturated heterocycles. The fraction of sp³-hybridized carbons (Fsp3) is 0.360. The third kappa shape index (κ3) is 3.68. The Hall–Kier alpha value is -3.48. The summed E-state index contributed by atoms with van der Waals surface area (Å²) in [6, 6.07) is 12.3. The predicted molar refractivity (Wildman–Crippen MR) is 117 cm³/mol. The van der Waals surface area contributed by atoms with E-state index >= 15 is 0 Å². The van der Waals surface area contributed by atoms with E-state index in [1.165, 1.54) is 12.0 Å². The Kier molecular flexibility index (Phi) is 6.08. The van der Waals surface area contributed by atoms with Crippen LogP contribution in [0.3, 0.4) is 0 Å². The Bertz CT molecular complexity index is 1040. The number of carbonyl (C=O) groups is 4. The number of rotatable bonds is 6. The molecule has 2 aliphatic heterocycles. The van der Waals surface area contributed by atoms with E-state index in [9.17, 15) is 19.2 Å². The number of fused-ring (bicyclic) bond motifs is 2. The van der Waals surface area contributed by atoms with Crippen molar-refractivity contribution in [3.63, 3.8) is 0 Å². The molecule has 2 aromatic carbocycles. The van der Waals surface area contributed by atoms with Gasteiger partial charge in [0.1, 0.15) is 12.1 Å². The van der Waals surface area contributed by atoms with E-state index in [1.807, 2.05) is 31.2 Å². The molecule has 2 atom stereocenters. The minimum Gasteiger partial charge on any atom is -0.467 e. The van der Waals surface area contributed by atoms with E-state index in [0.717, 1.165) is 28.9 Å². The second-order valence-electron chi connectivity index (χ2n) is 8.16. The second kappa shape index (κ2) is 8.94. The third-order valence-electron chi connectivity index (χ3n) is 6.26. The van der Waals surface area contributed by atoms with Crippen molar-refractivity contribution in [2.75, 3.05) is 7.11 Å². The fourth-order valence-electron chi connectivity index (χ4n) is 4.55. The summed E-state index contributed by atoms with van der Waals surface area (Å²) in [6.45, 7) is 2.23. The van der Waals surface area contributed by atoms with Gasteiger partial charge in [0, 0.05) is 13.0 Å². The first-order chi connectivity index (χ1) is 15.5. The summed E-state index contributed by atoms with van der Waals surface area (Å²) in [5.74, 6) is -1.87. The predicted octanol–water partition coefficient (Wildman–Crippen LogP) is 2.97. The van der Waals surface area contributed by atoms with Gasteiger partial charge >= 0.3 is 5.97 Å². The number of hydrogen-bond acceptors (Lipinski definition) is 5. The Labute approximate surface area is 187 Å². The molecule has 7 heteroatoms. The highest BCUT2D eigenvalue weighted by Gasteiger charge is 2.46. The lowest BCUT2D eigenvalue weighted by Crippen LogP contribution is -2.54. The fourth-order valence-corrected chi connectivity index (χ4v) is 4.55. The van der Waals surface area contributed by atoms with Crippen LogP contribution in [0.4, 0.5) is 0 Å². The molecular weight excluding hydrogens is 408 g/mol. The van der Waals surface area contributed by atoms with Crippen LogP contribution in [0.25, 0.3) is 0 Å². The number of imide groups is 1. The summed E-state index contributed by atoms with van der Waals surface area (Å²) >= 11 is 0. The Balaban J connectivity index is 1.78. The SMILES string of the molecule is CCCC[C@@H](C(=O)OC)N1Cc2ccccc2C[C@H](N2C(=O)c3ccccc3C2=O)C1=O. The quantitative estimate of drug-likeness (QED) is 0.516. The van der Waals surface area contributed by atoms with Gasteiger partial charge in [0.25, 0.3) is 11.8 Å². The van der Waals surface area contributed by atoms with Gasteiger partial charge < -0.3 is 9.64 Å². The zero-order valence-electron chi connectivity index (χ0n) is 18.2. The molecule has 0 fully saturated rings. The van der Waals surface area contributed by atoms with Crippen LogP contribution in [0, 0.1) is 0 Å². The minimum atomic E-state index is -1.03. The van der Waals surface area contributed by atoms with E-state index in [0.29, 0.717) is 17.5 Å². The maximum absolute atomic E-state index is 13.8. The molecule has 0 radical (unpaired) electrons. The molecule has 2 heterocycles. The zero-order valence-corrected chi connectivity index (χ0v) is 18.2. The molecule has 0 aromatic heterocycles. The molecule has 166 valence electrons. The van der Waals surface area contributed by atoms with Crippen molar-refractivity contribution in [2.45, 2.75) is 51.2 Å². The van der Waals surface area contributed by atoms with E-state index in [2.05, 4.69) is 0 Å². The summed E-state index contributed by atoms with van der Waals surface area (Å²) in [5, 5.41) is 0. The topological polar surface area (TPSA) is 84.0 Å². The molecule has 0 spiro atoms. The molecule has 0 N–H and O–H groups in total. The Morgan fingerprint density at radius 2 is 1.59 bits per heavy atom. The zero-order chi connectivity index (χ0) is 22.8. The average Bonchev–Trinajstić information content (AvgIpc) is 2.97. The summed E-state index contributed by atoms with van der Waals surface area (Å²) < 4.78 is 5.01. The number of esters is 1. The molecule has 0 unspecified atom stereocenters. The van der Waals surface area contributed by atoms with Crippen molar-refractivity contribution in [3.8, 4) is 0 Å². The molecular formula is C25H26N2O5. The number of ether oxygens (including phenoxy) is 1. The molecule has 3 amide bonds. The summed E-state index contributed by atoms with van der Waals surface area (Å²) in [5.41, 5.74) is 2.36. The molecule has 0 aliphatic carbocycles. The highest BCUT2D eigenvalue weighted by Crippen LogP contribution is 2.31. The van der Waals surface area contributed by atoms with Gasteiger partial charge in [-0.15, -0.1) is 0 Å². The first-order valence-electron chi connectivity index (χ1n) is 10.9. The summed E-state index contributed by atoms with van der Waals surface area (Å²) in [7, 11) is 1.30. The van der Waals surface area contributed by atoms with Gasteiger partial charge in [-0.3, -0.25) is 19.3 Å². The van der Waals surface area contributed by atoms with Crippen molar-refractivity contribution in [1.82, 2.24) is 9.80 Å². The van der Waals surface area contributed by atoms with Crippen molar-refractivity contribution < 1.29 is 23.9 Å². The van der Waals surface area contributed by atoms with Crippen LogP contribution >= 0.6 is 0 Å². The summed E-state index contributed by atoms with van der Waals surface area (Å²) in [6.07, 6.45) is 2.25. The number of benzene rings is 2. The summed E-state index contributed by atoms with van der Waals surface area (Å²) in [4.78, 5) is 55.4. The lowest BCUT2D eigenvalue weighted by molar-refractivity contribution is -0.155. The van der Waals surface area contributed by atoms with Crippen LogP contribution in [0.2, 0.25) is 0 Å². The molecule has 2 aromatic rings. The standard InChI is InChI=1S/C25H26N2O5/c1-3-4-13-20(25(31)32-2)26-15-17-10-6-5-9-16(17)14-21(24(26)30)27-22(28)18-11-7-8-12-19(18)23(27)29/h5-12,20-21H,3-4,13-15H2,1-2H3/t20-,21-/m0/s1. The molecule has 4 rings (SSSR count). The number of carbonyl (C=O) groups excluding carboxylic acids is 4. The molecule has 32 heavy (non-hydrogen) atoms. The van der Waals surface area contributed by atoms with Gasteiger partial charge in [0.05, 0.1) is 18.2 Å². The lowest BCUT2D eigenvalue weighted by atomic mass is 10.0. The smallest absolute Gasteiger partial charge is 0.328 e. The van der Waals surface area contributed by atoms with Crippen molar-refractivity contribution in [1.29, 1.82) is 0 Å². The minimum absolute atomic E-state index is 0.207. The monoisotopic (exact) mass is 434 g/mol. The highest BCUT2D eigenvalue weighted by molar-refractivity contribution is 6.23. The molecule has 0 saturated carbocycles. The van der Waals surface area contributed by atoms with Crippen molar-refractivity contribution in [3.05, 3.63) is 70.8 Å². The van der Waals surface area contributed by atoms with E-state index in [4.69, 9.17) is 4.74 Å². The lowest BCUT2D eigenvalue weighted by Gasteiger charge is -2.33. The van der Waals surface area contributed by atoms with Crippen LogP contribution in [-0.2, 0) is 27.3 Å². The van der Waals surface area contributed by atoms with Gasteiger partial charge in [0.15, 0.2) is 0 Å². The van der Waals surface area contributed by atoms with Gasteiger partial charge in [-0.2, -0.15) is 0 Å². The van der Waals surface area contributed by atoms with E-state index in [-0.39, 0.29) is 13.0 Å². The van der Waals surface area contributed by atoms with Crippen molar-refractivity contribution >= 4 is 23.7 Å². The van der Waals surface area contributed by atoms with Crippen molar-refractivity contribution in [2.24, 2.45) is 0 Å². The van der Waals surface area contributed by atoms with Crippen LogP contribution < -0.4 is 0 Å². The highest BCUT2D eigenvalue weighted by atomic mass is 16.5. The van der Waals surface area contributed by atoms with Crippen LogP contribution in [0.1, 0.15) is 58.0 Å². The number of hydrogen-bond donors (Lipinski definition) is 0.